The normalized spacial score (nSPS) is 16.8. The number of aliphatic carboxylic acids is 1. The average Bonchev–Trinajstić information content (AvgIpc) is 3.14. The van der Waals surface area contributed by atoms with Crippen molar-refractivity contribution in [2.45, 2.75) is 46.1 Å². The van der Waals surface area contributed by atoms with Gasteiger partial charge in [-0.2, -0.15) is 18.3 Å². The summed E-state index contributed by atoms with van der Waals surface area (Å²) in [5, 5.41) is 11.5. The zero-order chi connectivity index (χ0) is 24.1. The maximum Gasteiger partial charge on any atom is 0.490 e. The van der Waals surface area contributed by atoms with Crippen LogP contribution in [0.4, 0.5) is 13.2 Å². The number of fused-ring (bicyclic) bond motifs is 1. The molecule has 2 aromatic rings. The Hall–Kier alpha value is -2.44. The zero-order valence-electron chi connectivity index (χ0n) is 18.1. The molecule has 0 aliphatic carbocycles. The van der Waals surface area contributed by atoms with E-state index in [0.29, 0.717) is 6.54 Å². The van der Waals surface area contributed by atoms with Crippen molar-refractivity contribution >= 4 is 16.0 Å². The van der Waals surface area contributed by atoms with Crippen molar-refractivity contribution in [1.82, 2.24) is 19.4 Å². The molecule has 0 fully saturated rings. The number of carboxylic acid groups (broad SMARTS) is 1. The van der Waals surface area contributed by atoms with Gasteiger partial charge in [-0.05, 0) is 32.4 Å². The fourth-order valence-electron chi connectivity index (χ4n) is 3.48. The van der Waals surface area contributed by atoms with E-state index in [0.717, 1.165) is 25.3 Å². The van der Waals surface area contributed by atoms with Gasteiger partial charge in [-0.25, -0.2) is 17.9 Å². The molecule has 1 aromatic heterocycles. The minimum atomic E-state index is -5.08. The van der Waals surface area contributed by atoms with E-state index in [2.05, 4.69) is 46.8 Å². The Morgan fingerprint density at radius 3 is 2.38 bits per heavy atom. The zero-order valence-corrected chi connectivity index (χ0v) is 18.9. The number of carboxylic acids is 1. The van der Waals surface area contributed by atoms with Crippen molar-refractivity contribution in [2.24, 2.45) is 0 Å². The number of carbonyl (C=O) groups is 1. The van der Waals surface area contributed by atoms with Gasteiger partial charge >= 0.3 is 12.1 Å². The number of nitrogens with zero attached hydrogens (tertiary/aromatic N) is 3. The maximum absolute atomic E-state index is 11.8. The van der Waals surface area contributed by atoms with Crippen LogP contribution in [0.5, 0.6) is 0 Å². The van der Waals surface area contributed by atoms with Gasteiger partial charge < -0.3 is 5.11 Å². The van der Waals surface area contributed by atoms with Gasteiger partial charge in [0.2, 0.25) is 10.0 Å². The SMILES string of the molecule is CCS(=O)(=O)NCC1CN(Cc2cc(C)cc(C)c2)Cc2ccnn21.O=C(O)C(F)(F)F. The summed E-state index contributed by atoms with van der Waals surface area (Å²) in [6.45, 7) is 8.69. The van der Waals surface area contributed by atoms with Crippen molar-refractivity contribution in [3.05, 3.63) is 52.8 Å². The predicted molar refractivity (Wildman–Crippen MR) is 112 cm³/mol. The number of hydrogen-bond donors (Lipinski definition) is 2. The Morgan fingerprint density at radius 1 is 1.25 bits per heavy atom. The summed E-state index contributed by atoms with van der Waals surface area (Å²) in [4.78, 5) is 11.3. The van der Waals surface area contributed by atoms with Gasteiger partial charge in [0.15, 0.2) is 0 Å². The second kappa shape index (κ2) is 10.5. The van der Waals surface area contributed by atoms with E-state index in [-0.39, 0.29) is 11.8 Å². The van der Waals surface area contributed by atoms with Crippen LogP contribution in [0.1, 0.15) is 35.3 Å². The molecule has 0 saturated heterocycles. The van der Waals surface area contributed by atoms with Crippen molar-refractivity contribution in [3.8, 4) is 0 Å². The van der Waals surface area contributed by atoms with Crippen molar-refractivity contribution in [3.63, 3.8) is 0 Å². The first kappa shape index (κ1) is 25.8. The Labute approximate surface area is 185 Å². The number of nitrogens with one attached hydrogen (secondary N) is 1. The molecule has 0 radical (unpaired) electrons. The average molecular weight is 477 g/mol. The first-order valence-corrected chi connectivity index (χ1v) is 11.6. The van der Waals surface area contributed by atoms with Crippen LogP contribution in [0.2, 0.25) is 0 Å². The van der Waals surface area contributed by atoms with Gasteiger partial charge in [0.05, 0.1) is 17.5 Å². The number of hydrogen-bond acceptors (Lipinski definition) is 5. The van der Waals surface area contributed by atoms with Crippen LogP contribution in [0.15, 0.2) is 30.5 Å². The lowest BCUT2D eigenvalue weighted by molar-refractivity contribution is -0.192. The third-order valence-corrected chi connectivity index (χ3v) is 6.17. The van der Waals surface area contributed by atoms with E-state index in [1.807, 2.05) is 10.7 Å². The number of alkyl halides is 3. The Bertz CT molecular complexity index is 1020. The molecule has 0 bridgehead atoms. The second-order valence-corrected chi connectivity index (χ2v) is 9.74. The summed E-state index contributed by atoms with van der Waals surface area (Å²) < 4.78 is 60.0. The van der Waals surface area contributed by atoms with Crippen molar-refractivity contribution in [2.75, 3.05) is 18.8 Å². The maximum atomic E-state index is 11.8. The molecule has 32 heavy (non-hydrogen) atoms. The molecular weight excluding hydrogens is 449 g/mol. The highest BCUT2D eigenvalue weighted by molar-refractivity contribution is 7.89. The number of sulfonamides is 1. The third-order valence-electron chi connectivity index (χ3n) is 4.80. The highest BCUT2D eigenvalue weighted by Gasteiger charge is 2.38. The van der Waals surface area contributed by atoms with Crippen molar-refractivity contribution in [1.29, 1.82) is 0 Å². The van der Waals surface area contributed by atoms with E-state index in [1.165, 1.54) is 16.7 Å². The molecule has 1 aromatic carbocycles. The Morgan fingerprint density at radius 2 is 1.84 bits per heavy atom. The molecule has 2 N–H and O–H groups in total. The number of aryl methyl sites for hydroxylation is 2. The second-order valence-electron chi connectivity index (χ2n) is 7.64. The largest absolute Gasteiger partial charge is 0.490 e. The molecule has 1 atom stereocenters. The van der Waals surface area contributed by atoms with E-state index >= 15 is 0 Å². The number of rotatable bonds is 6. The van der Waals surface area contributed by atoms with Crippen LogP contribution < -0.4 is 4.72 Å². The van der Waals surface area contributed by atoms with Crippen LogP contribution in [0.25, 0.3) is 0 Å². The molecule has 1 aliphatic heterocycles. The Balaban J connectivity index is 0.000000451. The lowest BCUT2D eigenvalue weighted by Crippen LogP contribution is -2.42. The molecular formula is C20H27F3N4O4S. The first-order chi connectivity index (χ1) is 14.8. The van der Waals surface area contributed by atoms with Crippen LogP contribution in [-0.2, 0) is 27.9 Å². The van der Waals surface area contributed by atoms with Gasteiger partial charge in [-0.3, -0.25) is 9.58 Å². The summed E-state index contributed by atoms with van der Waals surface area (Å²) in [6.07, 6.45) is -3.29. The van der Waals surface area contributed by atoms with Crippen molar-refractivity contribution < 1.29 is 31.5 Å². The highest BCUT2D eigenvalue weighted by Crippen LogP contribution is 2.22. The number of aromatic nitrogens is 2. The quantitative estimate of drug-likeness (QED) is 0.664. The van der Waals surface area contributed by atoms with Gasteiger partial charge in [0.1, 0.15) is 0 Å². The van der Waals surface area contributed by atoms with Crippen LogP contribution >= 0.6 is 0 Å². The molecule has 0 spiro atoms. The summed E-state index contributed by atoms with van der Waals surface area (Å²) >= 11 is 0. The van der Waals surface area contributed by atoms with Gasteiger partial charge in [-0.1, -0.05) is 29.3 Å². The smallest absolute Gasteiger partial charge is 0.475 e. The molecule has 8 nitrogen and oxygen atoms in total. The van der Waals surface area contributed by atoms with Gasteiger partial charge in [-0.15, -0.1) is 0 Å². The fourth-order valence-corrected chi connectivity index (χ4v) is 4.13. The van der Waals surface area contributed by atoms with E-state index in [4.69, 9.17) is 9.90 Å². The lowest BCUT2D eigenvalue weighted by atomic mass is 10.1. The van der Waals surface area contributed by atoms with Crippen LogP contribution in [0, 0.1) is 13.8 Å². The number of benzene rings is 1. The van der Waals surface area contributed by atoms with Crippen LogP contribution in [-0.4, -0.2) is 59.2 Å². The number of halogens is 3. The fraction of sp³-hybridized carbons (Fsp3) is 0.500. The van der Waals surface area contributed by atoms with E-state index in [1.54, 1.807) is 13.1 Å². The predicted octanol–water partition coefficient (Wildman–Crippen LogP) is 2.63. The molecule has 178 valence electrons. The van der Waals surface area contributed by atoms with Gasteiger partial charge in [0, 0.05) is 32.4 Å². The summed E-state index contributed by atoms with van der Waals surface area (Å²) in [6, 6.07) is 8.62. The topological polar surface area (TPSA) is 105 Å². The standard InChI is InChI=1S/C18H26N4O2S.C2HF3O2/c1-4-25(23,24)20-10-18-13-21(12-17-5-6-19-22(17)18)11-16-8-14(2)7-15(3)9-16;3-2(4,5)1(6)7/h5-9,18,20H,4,10-13H2,1-3H3;(H,6,7). The molecule has 0 saturated carbocycles. The van der Waals surface area contributed by atoms with Gasteiger partial charge in [0.25, 0.3) is 0 Å². The molecule has 1 unspecified atom stereocenters. The molecule has 12 heteroatoms. The minimum Gasteiger partial charge on any atom is -0.475 e. The highest BCUT2D eigenvalue weighted by atomic mass is 32.2. The summed E-state index contributed by atoms with van der Waals surface area (Å²) in [5.74, 6) is -2.66. The molecule has 1 aliphatic rings. The summed E-state index contributed by atoms with van der Waals surface area (Å²) in [7, 11) is -3.20. The first-order valence-electron chi connectivity index (χ1n) is 9.90. The van der Waals surface area contributed by atoms with E-state index in [9.17, 15) is 21.6 Å². The summed E-state index contributed by atoms with van der Waals surface area (Å²) in [5.41, 5.74) is 4.95. The molecule has 3 rings (SSSR count). The van der Waals surface area contributed by atoms with Crippen LogP contribution in [0.3, 0.4) is 0 Å². The Kier molecular flexibility index (Phi) is 8.43. The minimum absolute atomic E-state index is 0.00554. The third kappa shape index (κ3) is 7.61. The van der Waals surface area contributed by atoms with E-state index < -0.39 is 22.2 Å². The monoisotopic (exact) mass is 476 g/mol. The lowest BCUT2D eigenvalue weighted by Gasteiger charge is -2.34. The molecule has 0 amide bonds. The molecule has 2 heterocycles.